The van der Waals surface area contributed by atoms with Crippen molar-refractivity contribution in [1.82, 2.24) is 28.7 Å². The first kappa shape index (κ1) is 31.3. The zero-order chi connectivity index (χ0) is 38.3. The predicted octanol–water partition coefficient (Wildman–Crippen LogP) is 12.2. The van der Waals surface area contributed by atoms with Crippen LogP contribution >= 0.6 is 0 Å². The van der Waals surface area contributed by atoms with Gasteiger partial charge in [-0.25, -0.2) is 0 Å². The van der Waals surface area contributed by atoms with Gasteiger partial charge in [-0.3, -0.25) is 13.7 Å². The van der Waals surface area contributed by atoms with Gasteiger partial charge in [-0.15, -0.1) is 0 Å². The second-order valence-corrected chi connectivity index (χ2v) is 15.9. The molecule has 274 valence electrons. The number of aromatic nitrogens is 6. The highest BCUT2D eigenvalue weighted by molar-refractivity contribution is 6.13. The van der Waals surface area contributed by atoms with E-state index in [-0.39, 0.29) is 11.8 Å². The van der Waals surface area contributed by atoms with Gasteiger partial charge in [-0.05, 0) is 69.8 Å². The third-order valence-corrected chi connectivity index (χ3v) is 13.1. The third-order valence-electron chi connectivity index (χ3n) is 13.1. The maximum atomic E-state index is 5.51. The highest BCUT2D eigenvalue weighted by Crippen LogP contribution is 2.58. The minimum absolute atomic E-state index is 0.116. The van der Waals surface area contributed by atoms with Gasteiger partial charge in [-0.2, -0.15) is 15.0 Å². The molecule has 0 unspecified atom stereocenters. The number of hydrogen-bond acceptors (Lipinski definition) is 3. The molecule has 0 fully saturated rings. The van der Waals surface area contributed by atoms with Crippen LogP contribution in [0.1, 0.15) is 45.2 Å². The Kier molecular flexibility index (Phi) is 6.04. The van der Waals surface area contributed by atoms with Crippen LogP contribution in [0, 0.1) is 0 Å². The summed E-state index contributed by atoms with van der Waals surface area (Å²) < 4.78 is 6.69. The fourth-order valence-electron chi connectivity index (χ4n) is 10.9. The number of rotatable bonds is 3. The Morgan fingerprint density at radius 3 is 1.02 bits per heavy atom. The average molecular weight is 753 g/mol. The van der Waals surface area contributed by atoms with E-state index in [1.807, 2.05) is 0 Å². The van der Waals surface area contributed by atoms with Gasteiger partial charge < -0.3 is 0 Å². The predicted molar refractivity (Wildman–Crippen MR) is 238 cm³/mol. The Labute approximate surface area is 337 Å². The Bertz CT molecular complexity index is 3480. The summed E-state index contributed by atoms with van der Waals surface area (Å²) in [7, 11) is 0. The fraction of sp³-hybridized carbons (Fsp3) is 0.0377. The topological polar surface area (TPSA) is 53.5 Å². The van der Waals surface area contributed by atoms with Crippen molar-refractivity contribution in [2.24, 2.45) is 0 Å². The second-order valence-electron chi connectivity index (χ2n) is 15.9. The number of para-hydroxylation sites is 5. The molecule has 59 heavy (non-hydrogen) atoms. The lowest BCUT2D eigenvalue weighted by Crippen LogP contribution is -2.27. The molecule has 3 aliphatic rings. The minimum Gasteiger partial charge on any atom is -0.278 e. The molecule has 2 bridgehead atoms. The summed E-state index contributed by atoms with van der Waals surface area (Å²) in [5.74, 6) is 1.99. The molecule has 6 nitrogen and oxygen atoms in total. The van der Waals surface area contributed by atoms with Gasteiger partial charge in [-0.1, -0.05) is 146 Å². The molecule has 4 aromatic heterocycles. The van der Waals surface area contributed by atoms with Gasteiger partial charge in [0, 0.05) is 44.2 Å². The van der Waals surface area contributed by atoms with Crippen molar-refractivity contribution in [2.45, 2.75) is 11.8 Å². The Morgan fingerprint density at radius 2 is 0.593 bits per heavy atom. The molecule has 0 atom stereocenters. The Morgan fingerprint density at radius 1 is 0.271 bits per heavy atom. The van der Waals surface area contributed by atoms with Crippen LogP contribution < -0.4 is 0 Å². The molecule has 0 radical (unpaired) electrons. The lowest BCUT2D eigenvalue weighted by Gasteiger charge is -2.42. The molecule has 0 N–H and O–H groups in total. The molecule has 0 amide bonds. The maximum Gasteiger partial charge on any atom is 0.241 e. The zero-order valence-electron chi connectivity index (χ0n) is 31.7. The van der Waals surface area contributed by atoms with Crippen LogP contribution in [0.5, 0.6) is 0 Å². The maximum absolute atomic E-state index is 5.51. The van der Waals surface area contributed by atoms with Gasteiger partial charge in [0.15, 0.2) is 0 Å². The normalized spacial score (nSPS) is 15.5. The molecule has 8 aromatic carbocycles. The standard InChI is InChI=1S/C53H32N6/c1-3-21-37-35(19-1)47-36-20-2-4-22-38(36)48(37)50-40(47)29-30-46-49(50)39-23-9-14-28-45(39)59(46)53-55-51(57-41-24-10-5-15-31(41)32-16-6-11-25-42(32)57)54-52(56-53)58-43-26-12-7-17-33(43)34-18-8-13-27-44(34)58/h1-30,47-48H. The molecule has 6 heteroatoms. The minimum atomic E-state index is 0.116. The van der Waals surface area contributed by atoms with Crippen LogP contribution in [0.4, 0.5) is 0 Å². The van der Waals surface area contributed by atoms with Crippen molar-refractivity contribution in [3.63, 3.8) is 0 Å². The number of nitrogens with zero attached hydrogens (tertiary/aromatic N) is 6. The van der Waals surface area contributed by atoms with Gasteiger partial charge in [0.05, 0.1) is 33.1 Å². The third kappa shape index (κ3) is 4.02. The van der Waals surface area contributed by atoms with Crippen molar-refractivity contribution in [3.8, 4) is 17.8 Å². The highest BCUT2D eigenvalue weighted by Gasteiger charge is 2.42. The first-order valence-electron chi connectivity index (χ1n) is 20.3. The summed E-state index contributed by atoms with van der Waals surface area (Å²) in [5, 5.41) is 7.07. The van der Waals surface area contributed by atoms with Crippen molar-refractivity contribution in [1.29, 1.82) is 0 Å². The quantitative estimate of drug-likeness (QED) is 0.181. The fourth-order valence-corrected chi connectivity index (χ4v) is 10.9. The van der Waals surface area contributed by atoms with E-state index in [0.717, 1.165) is 54.6 Å². The first-order chi connectivity index (χ1) is 29.3. The molecule has 0 aliphatic heterocycles. The molecule has 3 aliphatic carbocycles. The van der Waals surface area contributed by atoms with Crippen LogP contribution in [0.3, 0.4) is 0 Å². The monoisotopic (exact) mass is 752 g/mol. The second kappa shape index (κ2) is 11.4. The largest absolute Gasteiger partial charge is 0.278 e. The summed E-state index contributed by atoms with van der Waals surface area (Å²) in [6.07, 6.45) is 0. The Balaban J connectivity index is 1.12. The van der Waals surface area contributed by atoms with E-state index in [4.69, 9.17) is 15.0 Å². The lowest BCUT2D eigenvalue weighted by molar-refractivity contribution is 0.761. The van der Waals surface area contributed by atoms with Crippen LogP contribution in [0.15, 0.2) is 182 Å². The van der Waals surface area contributed by atoms with E-state index in [1.165, 1.54) is 44.2 Å². The molecule has 12 aromatic rings. The molecule has 0 saturated carbocycles. The Hall–Kier alpha value is -7.83. The van der Waals surface area contributed by atoms with Crippen LogP contribution in [0.25, 0.3) is 83.3 Å². The van der Waals surface area contributed by atoms with E-state index in [9.17, 15) is 0 Å². The van der Waals surface area contributed by atoms with Gasteiger partial charge in [0.25, 0.3) is 0 Å². The van der Waals surface area contributed by atoms with Crippen LogP contribution in [0.2, 0.25) is 0 Å². The number of fused-ring (bicyclic) bond motifs is 9. The molecule has 4 heterocycles. The lowest BCUT2D eigenvalue weighted by atomic mass is 9.60. The first-order valence-corrected chi connectivity index (χ1v) is 20.3. The van der Waals surface area contributed by atoms with Crippen LogP contribution in [-0.4, -0.2) is 28.7 Å². The van der Waals surface area contributed by atoms with E-state index < -0.39 is 0 Å². The molecular weight excluding hydrogens is 721 g/mol. The van der Waals surface area contributed by atoms with E-state index in [0.29, 0.717) is 17.8 Å². The number of benzene rings is 8. The van der Waals surface area contributed by atoms with Crippen molar-refractivity contribution >= 4 is 65.4 Å². The SMILES string of the molecule is c1ccc2c(c1)C1c3ccccc3C2c2c1ccc1c2c2ccccc2n1-c1nc(-n2c3ccccc3c3ccccc32)nc(-n2c3ccccc3c3ccccc32)n1. The zero-order valence-corrected chi connectivity index (χ0v) is 31.7. The van der Waals surface area contributed by atoms with E-state index >= 15 is 0 Å². The summed E-state index contributed by atoms with van der Waals surface area (Å²) in [4.78, 5) is 16.5. The van der Waals surface area contributed by atoms with Crippen molar-refractivity contribution < 1.29 is 0 Å². The van der Waals surface area contributed by atoms with Gasteiger partial charge in [0.2, 0.25) is 17.8 Å². The average Bonchev–Trinajstić information content (AvgIpc) is 3.95. The summed E-state index contributed by atoms with van der Waals surface area (Å²) >= 11 is 0. The molecule has 0 spiro atoms. The molecule has 0 saturated heterocycles. The van der Waals surface area contributed by atoms with Gasteiger partial charge in [0.1, 0.15) is 0 Å². The smallest absolute Gasteiger partial charge is 0.241 e. The molecular formula is C53H32N6. The van der Waals surface area contributed by atoms with E-state index in [2.05, 4.69) is 196 Å². The number of hydrogen-bond donors (Lipinski definition) is 0. The van der Waals surface area contributed by atoms with Crippen LogP contribution in [-0.2, 0) is 0 Å². The van der Waals surface area contributed by atoms with Crippen molar-refractivity contribution in [2.75, 3.05) is 0 Å². The van der Waals surface area contributed by atoms with Gasteiger partial charge >= 0.3 is 0 Å². The summed E-state index contributed by atoms with van der Waals surface area (Å²) in [6, 6.07) is 65.7. The summed E-state index contributed by atoms with van der Waals surface area (Å²) in [5.41, 5.74) is 14.7. The van der Waals surface area contributed by atoms with E-state index in [1.54, 1.807) is 0 Å². The molecule has 15 rings (SSSR count). The highest BCUT2D eigenvalue weighted by atomic mass is 15.3. The summed E-state index contributed by atoms with van der Waals surface area (Å²) in [6.45, 7) is 0. The van der Waals surface area contributed by atoms with Crippen molar-refractivity contribution in [3.05, 3.63) is 215 Å².